The summed E-state index contributed by atoms with van der Waals surface area (Å²) in [5.41, 5.74) is 10.3. The zero-order chi connectivity index (χ0) is 17.0. The van der Waals surface area contributed by atoms with Crippen molar-refractivity contribution in [3.8, 4) is 0 Å². The number of nitrogens with two attached hydrogens (primary N) is 2. The van der Waals surface area contributed by atoms with Crippen LogP contribution in [0.25, 0.3) is 0 Å². The number of carboxylic acid groups (broad SMARTS) is 1. The lowest BCUT2D eigenvalue weighted by molar-refractivity contribution is -0.135. The van der Waals surface area contributed by atoms with Gasteiger partial charge in [-0.25, -0.2) is 8.78 Å². The number of aliphatic carboxylic acids is 1. The van der Waals surface area contributed by atoms with Crippen LogP contribution in [-0.2, 0) is 4.79 Å². The average molecular weight is 316 g/mol. The van der Waals surface area contributed by atoms with E-state index in [1.54, 1.807) is 0 Å². The maximum absolute atomic E-state index is 12.2. The van der Waals surface area contributed by atoms with Gasteiger partial charge in [0.1, 0.15) is 6.29 Å². The standard InChI is InChI=1S/C7H4F2O.C6H13N.C2H5NO2/c8-6-2-1-5(4-10)3-7(6)9;7-6-4-2-1-3-5-6;3-1-2(4)5/h1-4H;6H,1-5,7H2;1,3H2,(H,4,5). The second kappa shape index (κ2) is 11.8. The Morgan fingerprint density at radius 3 is 2.09 bits per heavy atom. The summed E-state index contributed by atoms with van der Waals surface area (Å²) < 4.78 is 24.4. The lowest BCUT2D eigenvalue weighted by Gasteiger charge is -2.15. The fourth-order valence-electron chi connectivity index (χ4n) is 1.72. The van der Waals surface area contributed by atoms with Gasteiger partial charge in [-0.3, -0.25) is 9.59 Å². The summed E-state index contributed by atoms with van der Waals surface area (Å²) in [4.78, 5) is 19.2. The van der Waals surface area contributed by atoms with Gasteiger partial charge in [-0.15, -0.1) is 0 Å². The highest BCUT2D eigenvalue weighted by Crippen LogP contribution is 2.14. The van der Waals surface area contributed by atoms with E-state index in [1.165, 1.54) is 38.2 Å². The molecule has 1 aliphatic rings. The highest BCUT2D eigenvalue weighted by Gasteiger charge is 2.06. The molecule has 7 heteroatoms. The van der Waals surface area contributed by atoms with Crippen molar-refractivity contribution in [2.45, 2.75) is 38.1 Å². The van der Waals surface area contributed by atoms with Crippen molar-refractivity contribution < 1.29 is 23.5 Å². The molecule has 0 spiro atoms. The van der Waals surface area contributed by atoms with Gasteiger partial charge in [0.15, 0.2) is 11.6 Å². The molecule has 2 rings (SSSR count). The zero-order valence-electron chi connectivity index (χ0n) is 12.3. The molecule has 0 radical (unpaired) electrons. The quantitative estimate of drug-likeness (QED) is 0.724. The molecular formula is C15H22F2N2O3. The molecular weight excluding hydrogens is 294 g/mol. The molecule has 0 unspecified atom stereocenters. The van der Waals surface area contributed by atoms with Gasteiger partial charge >= 0.3 is 5.97 Å². The van der Waals surface area contributed by atoms with Gasteiger partial charge in [-0.1, -0.05) is 19.3 Å². The lowest BCUT2D eigenvalue weighted by atomic mass is 9.97. The molecule has 0 aliphatic heterocycles. The molecule has 5 N–H and O–H groups in total. The maximum Gasteiger partial charge on any atom is 0.317 e. The molecule has 0 atom stereocenters. The van der Waals surface area contributed by atoms with Gasteiger partial charge in [-0.2, -0.15) is 0 Å². The van der Waals surface area contributed by atoms with E-state index in [0.29, 0.717) is 12.3 Å². The van der Waals surface area contributed by atoms with E-state index >= 15 is 0 Å². The smallest absolute Gasteiger partial charge is 0.317 e. The summed E-state index contributed by atoms with van der Waals surface area (Å²) in [5.74, 6) is -2.90. The second-order valence-electron chi connectivity index (χ2n) is 4.79. The van der Waals surface area contributed by atoms with E-state index in [0.717, 1.165) is 12.1 Å². The number of hydrogen-bond acceptors (Lipinski definition) is 4. The van der Waals surface area contributed by atoms with Gasteiger partial charge in [0.2, 0.25) is 0 Å². The van der Waals surface area contributed by atoms with E-state index < -0.39 is 17.6 Å². The number of hydrogen-bond donors (Lipinski definition) is 3. The largest absolute Gasteiger partial charge is 0.480 e. The molecule has 0 heterocycles. The molecule has 1 aromatic rings. The van der Waals surface area contributed by atoms with Crippen molar-refractivity contribution in [3.63, 3.8) is 0 Å². The first-order chi connectivity index (χ1) is 10.4. The van der Waals surface area contributed by atoms with Gasteiger partial charge in [0.05, 0.1) is 6.54 Å². The monoisotopic (exact) mass is 316 g/mol. The zero-order valence-corrected chi connectivity index (χ0v) is 12.3. The minimum Gasteiger partial charge on any atom is -0.480 e. The first kappa shape index (κ1) is 20.1. The van der Waals surface area contributed by atoms with E-state index in [9.17, 15) is 18.4 Å². The molecule has 0 bridgehead atoms. The number of halogens is 2. The van der Waals surface area contributed by atoms with E-state index in [2.05, 4.69) is 5.73 Å². The Balaban J connectivity index is 0.000000322. The molecule has 5 nitrogen and oxygen atoms in total. The first-order valence-corrected chi connectivity index (χ1v) is 6.98. The molecule has 22 heavy (non-hydrogen) atoms. The number of rotatable bonds is 2. The Morgan fingerprint density at radius 1 is 1.23 bits per heavy atom. The van der Waals surface area contributed by atoms with E-state index in [-0.39, 0.29) is 12.1 Å². The SMILES string of the molecule is NC1CCCCC1.NCC(=O)O.O=Cc1ccc(F)c(F)c1. The molecule has 0 aromatic heterocycles. The van der Waals surface area contributed by atoms with Crippen LogP contribution in [0.4, 0.5) is 8.78 Å². The van der Waals surface area contributed by atoms with Crippen molar-refractivity contribution in [2.24, 2.45) is 11.5 Å². The third-order valence-corrected chi connectivity index (χ3v) is 2.90. The van der Waals surface area contributed by atoms with Crippen LogP contribution in [0.2, 0.25) is 0 Å². The Bertz CT molecular complexity index is 464. The van der Waals surface area contributed by atoms with Crippen molar-refractivity contribution in [3.05, 3.63) is 35.4 Å². The van der Waals surface area contributed by atoms with Crippen LogP contribution >= 0.6 is 0 Å². The predicted octanol–water partition coefficient (Wildman–Crippen LogP) is 2.08. The Morgan fingerprint density at radius 2 is 1.77 bits per heavy atom. The first-order valence-electron chi connectivity index (χ1n) is 6.98. The summed E-state index contributed by atoms with van der Waals surface area (Å²) in [7, 11) is 0. The highest BCUT2D eigenvalue weighted by atomic mass is 19.2. The van der Waals surface area contributed by atoms with E-state index in [1.807, 2.05) is 0 Å². The molecule has 124 valence electrons. The Labute approximate surface area is 128 Å². The van der Waals surface area contributed by atoms with Gasteiger partial charge in [-0.05, 0) is 31.0 Å². The van der Waals surface area contributed by atoms with Crippen LogP contribution in [0.5, 0.6) is 0 Å². The number of carboxylic acids is 1. The summed E-state index contributed by atoms with van der Waals surface area (Å²) in [6.07, 6.45) is 7.12. The number of carbonyl (C=O) groups excluding carboxylic acids is 1. The number of benzene rings is 1. The minimum absolute atomic E-state index is 0.138. The fourth-order valence-corrected chi connectivity index (χ4v) is 1.72. The highest BCUT2D eigenvalue weighted by molar-refractivity contribution is 5.74. The van der Waals surface area contributed by atoms with Crippen LogP contribution in [0.3, 0.4) is 0 Å². The van der Waals surface area contributed by atoms with Gasteiger partial charge in [0, 0.05) is 11.6 Å². The average Bonchev–Trinajstić information content (AvgIpc) is 2.52. The summed E-state index contributed by atoms with van der Waals surface area (Å²) in [6.45, 7) is -0.278. The van der Waals surface area contributed by atoms with Crippen molar-refractivity contribution >= 4 is 12.3 Å². The lowest BCUT2D eigenvalue weighted by Crippen LogP contribution is -2.22. The third kappa shape index (κ3) is 9.95. The van der Waals surface area contributed by atoms with Crippen LogP contribution in [0.15, 0.2) is 18.2 Å². The normalized spacial score (nSPS) is 14.0. The van der Waals surface area contributed by atoms with Crippen molar-refractivity contribution in [2.75, 3.05) is 6.54 Å². The van der Waals surface area contributed by atoms with Crippen molar-refractivity contribution in [1.82, 2.24) is 0 Å². The van der Waals surface area contributed by atoms with Crippen molar-refractivity contribution in [1.29, 1.82) is 0 Å². The van der Waals surface area contributed by atoms with Crippen LogP contribution < -0.4 is 11.5 Å². The van der Waals surface area contributed by atoms with Crippen LogP contribution in [-0.4, -0.2) is 29.9 Å². The van der Waals surface area contributed by atoms with Gasteiger partial charge in [0.25, 0.3) is 0 Å². The molecule has 1 saturated carbocycles. The molecule has 0 amide bonds. The van der Waals surface area contributed by atoms with E-state index in [4.69, 9.17) is 10.8 Å². The predicted molar refractivity (Wildman–Crippen MR) is 79.5 cm³/mol. The molecule has 1 aromatic carbocycles. The second-order valence-corrected chi connectivity index (χ2v) is 4.79. The summed E-state index contributed by atoms with van der Waals surface area (Å²) in [6, 6.07) is 3.51. The maximum atomic E-state index is 12.2. The fraction of sp³-hybridized carbons (Fsp3) is 0.467. The molecule has 0 saturated heterocycles. The summed E-state index contributed by atoms with van der Waals surface area (Å²) in [5, 5.41) is 7.60. The van der Waals surface area contributed by atoms with Gasteiger partial charge < -0.3 is 16.6 Å². The number of carbonyl (C=O) groups is 2. The Hall–Kier alpha value is -1.86. The van der Waals surface area contributed by atoms with Crippen LogP contribution in [0, 0.1) is 11.6 Å². The Kier molecular flexibility index (Phi) is 10.8. The summed E-state index contributed by atoms with van der Waals surface area (Å²) >= 11 is 0. The minimum atomic E-state index is -0.996. The topological polar surface area (TPSA) is 106 Å². The van der Waals surface area contributed by atoms with Crippen LogP contribution in [0.1, 0.15) is 42.5 Å². The molecule has 1 aliphatic carbocycles. The molecule has 1 fully saturated rings. The number of aldehydes is 1. The third-order valence-electron chi connectivity index (χ3n) is 2.90.